The van der Waals surface area contributed by atoms with Gasteiger partial charge in [0.25, 0.3) is 0 Å². The van der Waals surface area contributed by atoms with Crippen LogP contribution in [0.5, 0.6) is 0 Å². The Kier molecular flexibility index (Phi) is 480. The molecular formula is H7AlBCrNiSiY. The van der Waals surface area contributed by atoms with Gasteiger partial charge >= 0.3 is 0 Å². The molecular weight excluding hydrogens is 265 g/mol. The van der Waals surface area contributed by atoms with Gasteiger partial charge in [-0.3, -0.25) is 0 Å². The Hall–Kier alpha value is 2.94. The third kappa shape index (κ3) is 28.3. The summed E-state index contributed by atoms with van der Waals surface area (Å²) in [7, 11) is 0. The van der Waals surface area contributed by atoms with Crippen LogP contribution in [0.2, 0.25) is 0 Å². The molecule has 0 N–H and O–H groups in total. The van der Waals surface area contributed by atoms with E-state index in [2.05, 4.69) is 0 Å². The van der Waals surface area contributed by atoms with E-state index in [4.69, 9.17) is 0 Å². The van der Waals surface area contributed by atoms with Crippen LogP contribution < -0.4 is 0 Å². The van der Waals surface area contributed by atoms with Crippen molar-refractivity contribution in [2.45, 2.75) is 0 Å². The molecule has 0 saturated heterocycles. The summed E-state index contributed by atoms with van der Waals surface area (Å²) in [6.07, 6.45) is 0. The molecule has 0 atom stereocenters. The molecule has 0 aromatic carbocycles. The Balaban J connectivity index is 0. The zero-order chi connectivity index (χ0) is 0. The minimum absolute atomic E-state index is 0. The van der Waals surface area contributed by atoms with Crippen molar-refractivity contribution in [2.24, 2.45) is 0 Å². The molecule has 0 rings (SSSR count). The molecule has 0 aromatic heterocycles. The van der Waals surface area contributed by atoms with Crippen LogP contribution in [-0.2, 0) is 66.6 Å². The van der Waals surface area contributed by atoms with Gasteiger partial charge in [-0.05, 0) is 11.0 Å². The number of rotatable bonds is 0. The molecule has 0 nitrogen and oxygen atoms in total. The van der Waals surface area contributed by atoms with Crippen molar-refractivity contribution in [3.8, 4) is 0 Å². The van der Waals surface area contributed by atoms with E-state index in [1.165, 1.54) is 0 Å². The second-order valence-electron chi connectivity index (χ2n) is 0. The Labute approximate surface area is 102 Å². The molecule has 0 aliphatic heterocycles. The fourth-order valence-corrected chi connectivity index (χ4v) is 0. The summed E-state index contributed by atoms with van der Waals surface area (Å²) in [5.41, 5.74) is 0. The van der Waals surface area contributed by atoms with E-state index in [0.717, 1.165) is 0 Å². The largest absolute Gasteiger partial charge is 0.187 e. The van der Waals surface area contributed by atoms with Crippen molar-refractivity contribution in [2.75, 3.05) is 0 Å². The maximum atomic E-state index is 0. The van der Waals surface area contributed by atoms with E-state index >= 15 is 0 Å². The van der Waals surface area contributed by atoms with Crippen LogP contribution in [0.4, 0.5) is 0 Å². The molecule has 36 valence electrons. The molecule has 0 heterocycles. The monoisotopic (exact) mass is 272 g/mol. The first-order valence-corrected chi connectivity index (χ1v) is 0. The molecule has 4 radical (unpaired) electrons. The average molecular weight is 273 g/mol. The van der Waals surface area contributed by atoms with E-state index in [-0.39, 0.29) is 103 Å². The van der Waals surface area contributed by atoms with Gasteiger partial charge < -0.3 is 0 Å². The van der Waals surface area contributed by atoms with Gasteiger partial charge in [0.2, 0.25) is 0 Å². The number of hydrogen-bond acceptors (Lipinski definition) is 0. The molecule has 0 aliphatic carbocycles. The second-order valence-corrected chi connectivity index (χ2v) is 0. The summed E-state index contributed by atoms with van der Waals surface area (Å²) in [6.45, 7) is 0. The van der Waals surface area contributed by atoms with Crippen LogP contribution in [0.3, 0.4) is 0 Å². The Morgan fingerprint density at radius 1 is 1.00 bits per heavy atom. The van der Waals surface area contributed by atoms with E-state index in [1.54, 1.807) is 0 Å². The minimum atomic E-state index is 0. The van der Waals surface area contributed by atoms with Crippen molar-refractivity contribution in [3.05, 3.63) is 0 Å². The fraction of sp³-hybridized carbons (Fsp3) is 0. The van der Waals surface area contributed by atoms with Gasteiger partial charge in [0.15, 0.2) is 17.4 Å². The normalized spacial score (nSPS) is 0. The first-order chi connectivity index (χ1) is 0. The van der Waals surface area contributed by atoms with Gasteiger partial charge in [-0.25, -0.2) is 0 Å². The summed E-state index contributed by atoms with van der Waals surface area (Å²) in [5, 5.41) is 0. The number of hydrogen-bond donors (Lipinski definition) is 0. The molecule has 0 aromatic rings. The summed E-state index contributed by atoms with van der Waals surface area (Å²) < 4.78 is 0. The second kappa shape index (κ2) is 44.2. The summed E-state index contributed by atoms with van der Waals surface area (Å²) in [4.78, 5) is 0. The van der Waals surface area contributed by atoms with Gasteiger partial charge in [-0.1, -0.05) is 0 Å². The first kappa shape index (κ1) is 65.1. The first-order valence-electron chi connectivity index (χ1n) is 0. The Bertz CT molecular complexity index is 15.5. The van der Waals surface area contributed by atoms with Gasteiger partial charge in [-0.2, -0.15) is 0 Å². The van der Waals surface area contributed by atoms with Crippen LogP contribution >= 0.6 is 0 Å². The molecule has 6 heteroatoms. The SMILES string of the molecule is [AlH3].[B].[Cr].[Ni].[SiH4].[Y]. The standard InChI is InChI=1S/Al.B.Cr.Ni.H4Si.Y.3H/h;;;;1H4;;;;. The van der Waals surface area contributed by atoms with Crippen molar-refractivity contribution >= 4 is 36.7 Å². The molecule has 0 aliphatic rings. The Morgan fingerprint density at radius 3 is 1.00 bits per heavy atom. The summed E-state index contributed by atoms with van der Waals surface area (Å²) in [6, 6.07) is 0. The van der Waals surface area contributed by atoms with Crippen LogP contribution in [0.25, 0.3) is 0 Å². The fourth-order valence-electron chi connectivity index (χ4n) is 0. The quantitative estimate of drug-likeness (QED) is 0.412. The summed E-state index contributed by atoms with van der Waals surface area (Å²) in [5.74, 6) is 0. The third-order valence-corrected chi connectivity index (χ3v) is 0. The van der Waals surface area contributed by atoms with E-state index in [1.807, 2.05) is 0 Å². The molecule has 6 heavy (non-hydrogen) atoms. The van der Waals surface area contributed by atoms with Gasteiger partial charge in [0.1, 0.15) is 0 Å². The molecule has 0 unspecified atom stereocenters. The maximum absolute atomic E-state index is 0. The molecule has 0 fully saturated rings. The van der Waals surface area contributed by atoms with Crippen molar-refractivity contribution in [1.82, 2.24) is 0 Å². The molecule has 0 amide bonds. The van der Waals surface area contributed by atoms with Crippen molar-refractivity contribution in [3.63, 3.8) is 0 Å². The van der Waals surface area contributed by atoms with Crippen molar-refractivity contribution in [1.29, 1.82) is 0 Å². The van der Waals surface area contributed by atoms with Gasteiger partial charge in [-0.15, -0.1) is 0 Å². The predicted octanol–water partition coefficient (Wildman–Crippen LogP) is -3.02. The summed E-state index contributed by atoms with van der Waals surface area (Å²) >= 11 is 0. The third-order valence-electron chi connectivity index (χ3n) is 0. The van der Waals surface area contributed by atoms with Crippen LogP contribution in [-0.4, -0.2) is 36.7 Å². The van der Waals surface area contributed by atoms with Crippen LogP contribution in [0.1, 0.15) is 0 Å². The molecule has 0 bridgehead atoms. The van der Waals surface area contributed by atoms with Crippen LogP contribution in [0, 0.1) is 0 Å². The molecule has 0 spiro atoms. The maximum Gasteiger partial charge on any atom is 0.187 e. The van der Waals surface area contributed by atoms with E-state index in [0.29, 0.717) is 0 Å². The zero-order valence-corrected chi connectivity index (χ0v) is 6.98. The Morgan fingerprint density at radius 2 is 1.00 bits per heavy atom. The van der Waals surface area contributed by atoms with Gasteiger partial charge in [0, 0.05) is 75.0 Å². The smallest absolute Gasteiger partial charge is 0.0149 e. The van der Waals surface area contributed by atoms with E-state index < -0.39 is 0 Å². The van der Waals surface area contributed by atoms with Crippen LogP contribution in [0.15, 0.2) is 0 Å². The molecule has 0 saturated carbocycles. The topological polar surface area (TPSA) is 0 Å². The van der Waals surface area contributed by atoms with Gasteiger partial charge in [0.05, 0.1) is 0 Å². The predicted molar refractivity (Wildman–Crippen MR) is 27.0 cm³/mol. The zero-order valence-electron chi connectivity index (χ0n) is 1.88. The minimum Gasteiger partial charge on any atom is -0.0149 e. The van der Waals surface area contributed by atoms with Crippen molar-refractivity contribution < 1.29 is 66.6 Å². The van der Waals surface area contributed by atoms with E-state index in [9.17, 15) is 0 Å². The average Bonchev–Trinajstić information content (AvgIpc) is 0.